The molecule has 216 valence electrons. The van der Waals surface area contributed by atoms with Crippen molar-refractivity contribution in [1.29, 1.82) is 0 Å². The summed E-state index contributed by atoms with van der Waals surface area (Å²) < 4.78 is 11.4. The van der Waals surface area contributed by atoms with Gasteiger partial charge in [-0.1, -0.05) is 17.9 Å². The third kappa shape index (κ3) is 7.40. The van der Waals surface area contributed by atoms with Crippen LogP contribution in [0.2, 0.25) is 0 Å². The maximum absolute atomic E-state index is 13.0. The first-order chi connectivity index (χ1) is 19.0. The molecule has 2 heterocycles. The summed E-state index contributed by atoms with van der Waals surface area (Å²) >= 11 is 0. The molecule has 4 amide bonds. The third-order valence-corrected chi connectivity index (χ3v) is 7.46. The fraction of sp³-hybridized carbons (Fsp3) is 0.600. The molecule has 40 heavy (non-hydrogen) atoms. The Morgan fingerprint density at radius 2 is 1.88 bits per heavy atom. The molecule has 0 radical (unpaired) electrons. The first-order valence-electron chi connectivity index (χ1n) is 14.1. The molecule has 4 rings (SSSR count). The summed E-state index contributed by atoms with van der Waals surface area (Å²) in [6.07, 6.45) is 4.19. The van der Waals surface area contributed by atoms with Crippen LogP contribution < -0.4 is 11.1 Å². The Bertz CT molecular complexity index is 1190. The van der Waals surface area contributed by atoms with E-state index in [0.717, 1.165) is 36.8 Å². The van der Waals surface area contributed by atoms with Crippen LogP contribution >= 0.6 is 0 Å². The van der Waals surface area contributed by atoms with Gasteiger partial charge in [0.2, 0.25) is 11.8 Å². The van der Waals surface area contributed by atoms with Crippen LogP contribution in [0.25, 0.3) is 0 Å². The Kier molecular flexibility index (Phi) is 9.48. The molecule has 1 aromatic carbocycles. The van der Waals surface area contributed by atoms with Gasteiger partial charge in [-0.2, -0.15) is 0 Å². The average Bonchev–Trinajstić information content (AvgIpc) is 3.22. The number of carbonyl (C=O) groups excluding carboxylic acids is 4. The molecule has 0 spiro atoms. The summed E-state index contributed by atoms with van der Waals surface area (Å²) in [7, 11) is 0. The highest BCUT2D eigenvalue weighted by molar-refractivity contribution is 6.05. The van der Waals surface area contributed by atoms with Gasteiger partial charge >= 0.3 is 6.09 Å². The lowest BCUT2D eigenvalue weighted by atomic mass is 9.91. The molecule has 1 saturated heterocycles. The van der Waals surface area contributed by atoms with Gasteiger partial charge in [-0.15, -0.1) is 0 Å². The minimum Gasteiger partial charge on any atom is -0.444 e. The molecule has 3 aliphatic rings. The number of fused-ring (bicyclic) bond motifs is 1. The highest BCUT2D eigenvalue weighted by atomic mass is 16.6. The smallest absolute Gasteiger partial charge is 0.410 e. The van der Waals surface area contributed by atoms with Crippen LogP contribution in [0.15, 0.2) is 18.2 Å². The van der Waals surface area contributed by atoms with E-state index in [1.54, 1.807) is 17.0 Å². The number of hydrogen-bond donors (Lipinski definition) is 2. The summed E-state index contributed by atoms with van der Waals surface area (Å²) in [4.78, 5) is 53.0. The van der Waals surface area contributed by atoms with Crippen LogP contribution in [0.5, 0.6) is 0 Å². The van der Waals surface area contributed by atoms with E-state index in [0.29, 0.717) is 38.2 Å². The summed E-state index contributed by atoms with van der Waals surface area (Å²) in [5, 5.41) is 2.32. The first kappa shape index (κ1) is 29.6. The topological polar surface area (TPSA) is 131 Å². The van der Waals surface area contributed by atoms with Crippen LogP contribution in [0.3, 0.4) is 0 Å². The van der Waals surface area contributed by atoms with E-state index in [9.17, 15) is 19.2 Å². The predicted octanol–water partition coefficient (Wildman–Crippen LogP) is 2.71. The normalized spacial score (nSPS) is 22.8. The van der Waals surface area contributed by atoms with E-state index >= 15 is 0 Å². The van der Waals surface area contributed by atoms with Gasteiger partial charge in [-0.3, -0.25) is 19.7 Å². The number of nitrogens with one attached hydrogen (secondary N) is 1. The lowest BCUT2D eigenvalue weighted by molar-refractivity contribution is -0.136. The van der Waals surface area contributed by atoms with Crippen molar-refractivity contribution in [2.75, 3.05) is 19.8 Å². The summed E-state index contributed by atoms with van der Waals surface area (Å²) in [6.45, 7) is 7.08. The van der Waals surface area contributed by atoms with Crippen molar-refractivity contribution < 1.29 is 28.7 Å². The number of piperidine rings is 1. The standard InChI is InChI=1S/C30H40N4O6/c1-30(2,3)40-29(38)33(22-12-10-21(31)11-13-22)16-18-39-17-5-4-7-20-8-6-9-23-24(20)19-34(28(23)37)25-14-15-26(35)32-27(25)36/h6,8-9,21-22,25H,5,10-19,31H2,1-3H3,(H,32,35,36)/t21-,22-,25-/m0/s1. The number of nitrogens with zero attached hydrogens (tertiary/aromatic N) is 2. The molecular weight excluding hydrogens is 512 g/mol. The number of ether oxygens (including phenoxy) is 2. The quantitative estimate of drug-likeness (QED) is 0.302. The van der Waals surface area contributed by atoms with Crippen LogP contribution in [0.4, 0.5) is 4.79 Å². The van der Waals surface area contributed by atoms with Gasteiger partial charge in [0.05, 0.1) is 13.2 Å². The second-order valence-electron chi connectivity index (χ2n) is 11.6. The molecular formula is C30H40N4O6. The Morgan fingerprint density at radius 1 is 1.12 bits per heavy atom. The number of imide groups is 1. The Labute approximate surface area is 235 Å². The zero-order valence-electron chi connectivity index (χ0n) is 23.7. The molecule has 1 aliphatic carbocycles. The molecule has 10 nitrogen and oxygen atoms in total. The van der Waals surface area contributed by atoms with E-state index in [4.69, 9.17) is 15.2 Å². The van der Waals surface area contributed by atoms with E-state index in [2.05, 4.69) is 17.2 Å². The van der Waals surface area contributed by atoms with Crippen molar-refractivity contribution in [1.82, 2.24) is 15.1 Å². The zero-order valence-corrected chi connectivity index (χ0v) is 23.7. The number of rotatable bonds is 7. The molecule has 0 unspecified atom stereocenters. The maximum atomic E-state index is 13.0. The number of benzene rings is 1. The van der Waals surface area contributed by atoms with Gasteiger partial charge in [0.1, 0.15) is 11.6 Å². The Morgan fingerprint density at radius 3 is 2.58 bits per heavy atom. The summed E-state index contributed by atoms with van der Waals surface area (Å²) in [5.41, 5.74) is 7.56. The van der Waals surface area contributed by atoms with Crippen molar-refractivity contribution in [2.24, 2.45) is 5.73 Å². The van der Waals surface area contributed by atoms with E-state index < -0.39 is 17.6 Å². The van der Waals surface area contributed by atoms with Crippen molar-refractivity contribution in [3.05, 3.63) is 34.9 Å². The second kappa shape index (κ2) is 12.8. The highest BCUT2D eigenvalue weighted by Gasteiger charge is 2.39. The SMILES string of the molecule is CC(C)(C)OC(=O)N(CCOCCC#Cc1cccc2c1CN([C@H]1CCC(=O)NC1=O)C2=O)[C@H]1CC[C@H](N)CC1. The first-order valence-corrected chi connectivity index (χ1v) is 14.1. The largest absolute Gasteiger partial charge is 0.444 e. The lowest BCUT2D eigenvalue weighted by Crippen LogP contribution is -2.52. The highest BCUT2D eigenvalue weighted by Crippen LogP contribution is 2.29. The zero-order chi connectivity index (χ0) is 28.9. The van der Waals surface area contributed by atoms with Crippen molar-refractivity contribution in [3.63, 3.8) is 0 Å². The van der Waals surface area contributed by atoms with Crippen molar-refractivity contribution in [2.45, 2.75) is 96.0 Å². The minimum absolute atomic E-state index is 0.0978. The Balaban J connectivity index is 1.28. The average molecular weight is 553 g/mol. The van der Waals surface area contributed by atoms with Crippen molar-refractivity contribution in [3.8, 4) is 11.8 Å². The van der Waals surface area contributed by atoms with Crippen LogP contribution in [0.1, 0.15) is 87.2 Å². The fourth-order valence-electron chi connectivity index (χ4n) is 5.41. The molecule has 3 N–H and O–H groups in total. The maximum Gasteiger partial charge on any atom is 0.410 e. The van der Waals surface area contributed by atoms with Gasteiger partial charge in [-0.25, -0.2) is 4.79 Å². The molecule has 1 aromatic rings. The molecule has 1 saturated carbocycles. The fourth-order valence-corrected chi connectivity index (χ4v) is 5.41. The molecule has 0 aromatic heterocycles. The number of nitrogens with two attached hydrogens (primary N) is 1. The van der Waals surface area contributed by atoms with Gasteiger partial charge in [0, 0.05) is 49.1 Å². The van der Waals surface area contributed by atoms with Gasteiger partial charge in [-0.05, 0) is 70.6 Å². The summed E-state index contributed by atoms with van der Waals surface area (Å²) in [6, 6.07) is 5.03. The van der Waals surface area contributed by atoms with Crippen molar-refractivity contribution >= 4 is 23.8 Å². The van der Waals surface area contributed by atoms with Gasteiger partial charge in [0.25, 0.3) is 5.91 Å². The van der Waals surface area contributed by atoms with Gasteiger partial charge in [0.15, 0.2) is 0 Å². The number of hydrogen-bond acceptors (Lipinski definition) is 7. The number of amides is 4. The van der Waals surface area contributed by atoms with Gasteiger partial charge < -0.3 is 25.0 Å². The molecule has 2 fully saturated rings. The van der Waals surface area contributed by atoms with E-state index in [-0.39, 0.29) is 43.0 Å². The molecule has 10 heteroatoms. The second-order valence-corrected chi connectivity index (χ2v) is 11.6. The molecule has 1 atom stereocenters. The van der Waals surface area contributed by atoms with E-state index in [1.807, 2.05) is 26.8 Å². The van der Waals surface area contributed by atoms with Crippen LogP contribution in [-0.2, 0) is 25.6 Å². The monoisotopic (exact) mass is 552 g/mol. The Hall–Kier alpha value is -3.42. The lowest BCUT2D eigenvalue weighted by Gasteiger charge is -2.36. The summed E-state index contributed by atoms with van der Waals surface area (Å²) in [5.74, 6) is 5.31. The molecule has 2 aliphatic heterocycles. The third-order valence-electron chi connectivity index (χ3n) is 7.46. The predicted molar refractivity (Wildman–Crippen MR) is 148 cm³/mol. The minimum atomic E-state index is -0.655. The van der Waals surface area contributed by atoms with Crippen LogP contribution in [0, 0.1) is 11.8 Å². The van der Waals surface area contributed by atoms with Crippen LogP contribution in [-0.4, -0.2) is 77.1 Å². The van der Waals surface area contributed by atoms with E-state index in [1.165, 1.54) is 4.90 Å². The molecule has 0 bridgehead atoms. The number of carbonyl (C=O) groups is 4.